The molecule has 0 atom stereocenters. The Labute approximate surface area is 117 Å². The number of rotatable bonds is 4. The highest BCUT2D eigenvalue weighted by Crippen LogP contribution is 2.17. The lowest BCUT2D eigenvalue weighted by atomic mass is 10.1. The minimum atomic E-state index is -0.995. The highest BCUT2D eigenvalue weighted by molar-refractivity contribution is 9.10. The molecule has 0 saturated heterocycles. The smallest absolute Gasteiger partial charge is 0.335 e. The first kappa shape index (κ1) is 13.4. The zero-order valence-corrected chi connectivity index (χ0v) is 11.3. The number of hydrogen-bond donors (Lipinski definition) is 2. The molecule has 0 radical (unpaired) electrons. The van der Waals surface area contributed by atoms with Gasteiger partial charge in [0.15, 0.2) is 4.67 Å². The van der Waals surface area contributed by atoms with Crippen LogP contribution in [0.1, 0.15) is 26.3 Å². The van der Waals surface area contributed by atoms with Crippen LogP contribution in [0.2, 0.25) is 0 Å². The Bertz CT molecular complexity index is 621. The third kappa shape index (κ3) is 3.23. The van der Waals surface area contributed by atoms with Crippen LogP contribution in [0.25, 0.3) is 0 Å². The number of hydrogen-bond acceptors (Lipinski definition) is 3. The van der Waals surface area contributed by atoms with Gasteiger partial charge in [-0.2, -0.15) is 0 Å². The Hall–Kier alpha value is -2.08. The normalized spacial score (nSPS) is 10.2. The van der Waals surface area contributed by atoms with Gasteiger partial charge in [0.25, 0.3) is 5.91 Å². The predicted molar refractivity (Wildman–Crippen MR) is 71.0 cm³/mol. The third-order valence-electron chi connectivity index (χ3n) is 2.49. The summed E-state index contributed by atoms with van der Waals surface area (Å²) in [5.41, 5.74) is 1.30. The molecule has 2 aromatic rings. The Morgan fingerprint density at radius 3 is 2.74 bits per heavy atom. The van der Waals surface area contributed by atoms with Gasteiger partial charge in [-0.1, -0.05) is 12.1 Å². The van der Waals surface area contributed by atoms with Gasteiger partial charge in [0.05, 0.1) is 17.4 Å². The molecule has 0 fully saturated rings. The van der Waals surface area contributed by atoms with Crippen LogP contribution in [0.3, 0.4) is 0 Å². The first-order chi connectivity index (χ1) is 9.08. The van der Waals surface area contributed by atoms with E-state index in [1.165, 1.54) is 18.4 Å². The van der Waals surface area contributed by atoms with Crippen molar-refractivity contribution in [3.63, 3.8) is 0 Å². The molecule has 6 heteroatoms. The number of furan rings is 1. The minimum absolute atomic E-state index is 0.191. The molecule has 19 heavy (non-hydrogen) atoms. The lowest BCUT2D eigenvalue weighted by Gasteiger charge is -2.05. The van der Waals surface area contributed by atoms with Gasteiger partial charge in [-0.25, -0.2) is 4.79 Å². The fourth-order valence-corrected chi connectivity index (χ4v) is 1.97. The number of halogens is 1. The third-order valence-corrected chi connectivity index (χ3v) is 3.10. The summed E-state index contributed by atoms with van der Waals surface area (Å²) in [6.07, 6.45) is 1.41. The topological polar surface area (TPSA) is 79.5 Å². The number of amides is 1. The second-order valence-electron chi connectivity index (χ2n) is 3.80. The average molecular weight is 324 g/mol. The van der Waals surface area contributed by atoms with Crippen molar-refractivity contribution in [2.75, 3.05) is 0 Å². The maximum absolute atomic E-state index is 11.8. The van der Waals surface area contributed by atoms with Gasteiger partial charge >= 0.3 is 5.97 Å². The number of nitrogens with one attached hydrogen (secondary N) is 1. The molecule has 0 saturated carbocycles. The van der Waals surface area contributed by atoms with Gasteiger partial charge in [0.1, 0.15) is 0 Å². The van der Waals surface area contributed by atoms with Crippen LogP contribution in [0, 0.1) is 0 Å². The molecule has 2 rings (SSSR count). The lowest BCUT2D eigenvalue weighted by molar-refractivity contribution is 0.0696. The van der Waals surface area contributed by atoms with Crippen LogP contribution in [0.5, 0.6) is 0 Å². The second kappa shape index (κ2) is 5.71. The molecule has 0 aliphatic carbocycles. The van der Waals surface area contributed by atoms with Crippen LogP contribution in [-0.4, -0.2) is 17.0 Å². The summed E-state index contributed by atoms with van der Waals surface area (Å²) in [6, 6.07) is 7.95. The molecule has 0 spiro atoms. The summed E-state index contributed by atoms with van der Waals surface area (Å²) < 4.78 is 5.33. The number of carboxylic acid groups (broad SMARTS) is 1. The van der Waals surface area contributed by atoms with E-state index in [9.17, 15) is 9.59 Å². The van der Waals surface area contributed by atoms with Gasteiger partial charge in [-0.05, 0) is 39.7 Å². The monoisotopic (exact) mass is 323 g/mol. The maximum atomic E-state index is 11.8. The average Bonchev–Trinajstić information content (AvgIpc) is 2.82. The summed E-state index contributed by atoms with van der Waals surface area (Å²) in [5, 5.41) is 11.6. The first-order valence-electron chi connectivity index (χ1n) is 5.41. The molecule has 0 aliphatic rings. The van der Waals surface area contributed by atoms with Crippen molar-refractivity contribution in [1.82, 2.24) is 5.32 Å². The summed E-state index contributed by atoms with van der Waals surface area (Å²) in [7, 11) is 0. The predicted octanol–water partition coefficient (Wildman–Crippen LogP) is 2.67. The molecule has 0 bridgehead atoms. The van der Waals surface area contributed by atoms with Crippen molar-refractivity contribution in [3.05, 3.63) is 58.0 Å². The van der Waals surface area contributed by atoms with Crippen molar-refractivity contribution < 1.29 is 19.1 Å². The molecular formula is C13H10BrNO4. The summed E-state index contributed by atoms with van der Waals surface area (Å²) in [5.74, 6) is -1.29. The highest BCUT2D eigenvalue weighted by Gasteiger charge is 2.12. The van der Waals surface area contributed by atoms with E-state index < -0.39 is 5.97 Å². The molecule has 0 aliphatic heterocycles. The Morgan fingerprint density at radius 2 is 2.11 bits per heavy atom. The summed E-state index contributed by atoms with van der Waals surface area (Å²) in [6.45, 7) is 0.248. The molecule has 1 amide bonds. The van der Waals surface area contributed by atoms with Gasteiger partial charge in [-0.3, -0.25) is 4.79 Å². The number of carbonyl (C=O) groups is 2. The van der Waals surface area contributed by atoms with E-state index in [1.54, 1.807) is 18.2 Å². The van der Waals surface area contributed by atoms with E-state index in [1.807, 2.05) is 0 Å². The molecule has 1 heterocycles. The standard InChI is InChI=1S/C13H10BrNO4/c14-11-10(4-5-19-11)12(16)15-7-8-2-1-3-9(6-8)13(17)18/h1-6H,7H2,(H,15,16)(H,17,18). The molecule has 98 valence electrons. The number of benzene rings is 1. The minimum Gasteiger partial charge on any atom is -0.478 e. The summed E-state index contributed by atoms with van der Waals surface area (Å²) >= 11 is 3.12. The van der Waals surface area contributed by atoms with E-state index in [0.29, 0.717) is 15.8 Å². The van der Waals surface area contributed by atoms with Crippen molar-refractivity contribution in [2.24, 2.45) is 0 Å². The highest BCUT2D eigenvalue weighted by atomic mass is 79.9. The van der Waals surface area contributed by atoms with Crippen LogP contribution in [-0.2, 0) is 6.54 Å². The first-order valence-corrected chi connectivity index (χ1v) is 6.20. The largest absolute Gasteiger partial charge is 0.478 e. The SMILES string of the molecule is O=C(O)c1cccc(CNC(=O)c2ccoc2Br)c1. The fraction of sp³-hybridized carbons (Fsp3) is 0.0769. The molecule has 0 unspecified atom stereocenters. The van der Waals surface area contributed by atoms with E-state index >= 15 is 0 Å². The molecule has 1 aromatic carbocycles. The zero-order valence-electron chi connectivity index (χ0n) is 9.72. The van der Waals surface area contributed by atoms with Gasteiger partial charge in [-0.15, -0.1) is 0 Å². The fourth-order valence-electron chi connectivity index (χ4n) is 1.55. The molecule has 5 nitrogen and oxygen atoms in total. The quantitative estimate of drug-likeness (QED) is 0.906. The Kier molecular flexibility index (Phi) is 4.01. The van der Waals surface area contributed by atoms with Crippen LogP contribution >= 0.6 is 15.9 Å². The van der Waals surface area contributed by atoms with Crippen LogP contribution < -0.4 is 5.32 Å². The van der Waals surface area contributed by atoms with Crippen molar-refractivity contribution in [2.45, 2.75) is 6.54 Å². The maximum Gasteiger partial charge on any atom is 0.335 e. The van der Waals surface area contributed by atoms with E-state index in [-0.39, 0.29) is 18.0 Å². The van der Waals surface area contributed by atoms with Gasteiger partial charge in [0, 0.05) is 6.54 Å². The van der Waals surface area contributed by atoms with Crippen molar-refractivity contribution in [3.8, 4) is 0 Å². The zero-order chi connectivity index (χ0) is 13.8. The number of carboxylic acids is 1. The van der Waals surface area contributed by atoms with E-state index in [4.69, 9.17) is 9.52 Å². The van der Waals surface area contributed by atoms with Gasteiger partial charge < -0.3 is 14.8 Å². The molecular weight excluding hydrogens is 314 g/mol. The molecule has 1 aromatic heterocycles. The number of carbonyl (C=O) groups excluding carboxylic acids is 1. The lowest BCUT2D eigenvalue weighted by Crippen LogP contribution is -2.22. The Morgan fingerprint density at radius 1 is 1.32 bits per heavy atom. The molecule has 2 N–H and O–H groups in total. The summed E-state index contributed by atoms with van der Waals surface area (Å²) in [4.78, 5) is 22.6. The number of aromatic carboxylic acids is 1. The second-order valence-corrected chi connectivity index (χ2v) is 4.52. The van der Waals surface area contributed by atoms with Gasteiger partial charge in [0.2, 0.25) is 0 Å². The van der Waals surface area contributed by atoms with Crippen LogP contribution in [0.4, 0.5) is 0 Å². The van der Waals surface area contributed by atoms with E-state index in [0.717, 1.165) is 0 Å². The van der Waals surface area contributed by atoms with E-state index in [2.05, 4.69) is 21.2 Å². The van der Waals surface area contributed by atoms with Crippen molar-refractivity contribution in [1.29, 1.82) is 0 Å². The van der Waals surface area contributed by atoms with Crippen molar-refractivity contribution >= 4 is 27.8 Å². The Balaban J connectivity index is 2.03. The van der Waals surface area contributed by atoms with Crippen LogP contribution in [0.15, 0.2) is 45.7 Å².